The minimum absolute atomic E-state index is 0.0432. The minimum atomic E-state index is -0.168. The first-order valence-electron chi connectivity index (χ1n) is 12.0. The lowest BCUT2D eigenvalue weighted by molar-refractivity contribution is 0.144. The number of piperazine rings is 1. The number of urea groups is 1. The second-order valence-corrected chi connectivity index (χ2v) is 8.99. The Hall–Kier alpha value is -4.20. The number of rotatable bonds is 3. The Bertz CT molecular complexity index is 1320. The highest BCUT2D eigenvalue weighted by Gasteiger charge is 2.32. The number of amidine groups is 1. The monoisotopic (exact) mass is 486 g/mol. The summed E-state index contributed by atoms with van der Waals surface area (Å²) in [4.78, 5) is 22.3. The third-order valence-corrected chi connectivity index (χ3v) is 6.53. The number of anilines is 1. The van der Waals surface area contributed by atoms with Crippen LogP contribution in [0.2, 0.25) is 0 Å². The van der Waals surface area contributed by atoms with Crippen LogP contribution in [-0.4, -0.2) is 61.6 Å². The molecule has 0 aliphatic carbocycles. The number of aliphatic imine (C=N–C) groups is 1. The van der Waals surface area contributed by atoms with Crippen molar-refractivity contribution in [3.63, 3.8) is 0 Å². The van der Waals surface area contributed by atoms with Gasteiger partial charge >= 0.3 is 6.03 Å². The van der Waals surface area contributed by atoms with Crippen LogP contribution in [0.5, 0.6) is 23.0 Å². The van der Waals surface area contributed by atoms with Crippen LogP contribution in [0.15, 0.2) is 65.7 Å². The molecule has 0 saturated carbocycles. The molecular formula is C28H30N4O4. The topological polar surface area (TPSA) is 75.6 Å². The number of methoxy groups -OCH3 is 2. The molecule has 2 heterocycles. The number of aryl methyl sites for hydroxylation is 1. The molecule has 0 aromatic heterocycles. The number of ether oxygens (including phenoxy) is 3. The Labute approximate surface area is 211 Å². The fraction of sp³-hybridized carbons (Fsp3) is 0.286. The summed E-state index contributed by atoms with van der Waals surface area (Å²) >= 11 is 0. The van der Waals surface area contributed by atoms with Crippen LogP contribution in [-0.2, 0) is 0 Å². The van der Waals surface area contributed by atoms with E-state index in [1.165, 1.54) is 0 Å². The molecule has 1 atom stereocenters. The van der Waals surface area contributed by atoms with E-state index >= 15 is 0 Å². The summed E-state index contributed by atoms with van der Waals surface area (Å²) in [6.45, 7) is 5.95. The maximum atomic E-state index is 13.2. The van der Waals surface area contributed by atoms with E-state index in [0.717, 1.165) is 34.1 Å². The molecule has 0 spiro atoms. The molecule has 2 aliphatic heterocycles. The summed E-state index contributed by atoms with van der Waals surface area (Å²) in [5, 5.41) is 2.99. The average Bonchev–Trinajstić information content (AvgIpc) is 3.05. The van der Waals surface area contributed by atoms with E-state index < -0.39 is 0 Å². The fourth-order valence-corrected chi connectivity index (χ4v) is 4.62. The van der Waals surface area contributed by atoms with Crippen molar-refractivity contribution in [3.05, 3.63) is 71.8 Å². The predicted molar refractivity (Wildman–Crippen MR) is 140 cm³/mol. The first kappa shape index (κ1) is 23.5. The number of fused-ring (bicyclic) bond motifs is 2. The van der Waals surface area contributed by atoms with Gasteiger partial charge in [0.05, 0.1) is 25.5 Å². The van der Waals surface area contributed by atoms with Crippen molar-refractivity contribution in [2.24, 2.45) is 4.99 Å². The van der Waals surface area contributed by atoms with Gasteiger partial charge in [-0.25, -0.2) is 9.79 Å². The average molecular weight is 487 g/mol. The van der Waals surface area contributed by atoms with Gasteiger partial charge in [-0.15, -0.1) is 0 Å². The number of nitrogens with one attached hydrogen (secondary N) is 1. The van der Waals surface area contributed by atoms with Crippen molar-refractivity contribution < 1.29 is 19.0 Å². The van der Waals surface area contributed by atoms with Crippen LogP contribution in [0.25, 0.3) is 0 Å². The molecule has 186 valence electrons. The van der Waals surface area contributed by atoms with E-state index in [2.05, 4.69) is 30.1 Å². The van der Waals surface area contributed by atoms with E-state index in [1.807, 2.05) is 41.3 Å². The highest BCUT2D eigenvalue weighted by Crippen LogP contribution is 2.38. The highest BCUT2D eigenvalue weighted by atomic mass is 16.5. The van der Waals surface area contributed by atoms with Crippen molar-refractivity contribution in [1.82, 2.24) is 9.80 Å². The molecule has 3 aromatic rings. The Morgan fingerprint density at radius 2 is 1.86 bits per heavy atom. The second kappa shape index (κ2) is 9.81. The fourth-order valence-electron chi connectivity index (χ4n) is 4.62. The second-order valence-electron chi connectivity index (χ2n) is 8.99. The largest absolute Gasteiger partial charge is 0.497 e. The zero-order valence-corrected chi connectivity index (χ0v) is 20.9. The normalized spacial score (nSPS) is 16.7. The zero-order chi connectivity index (χ0) is 25.2. The smallest absolute Gasteiger partial charge is 0.322 e. The lowest BCUT2D eigenvalue weighted by Crippen LogP contribution is -2.56. The van der Waals surface area contributed by atoms with E-state index in [4.69, 9.17) is 19.2 Å². The number of hydrogen-bond acceptors (Lipinski definition) is 6. The molecule has 1 fully saturated rings. The molecule has 0 radical (unpaired) electrons. The summed E-state index contributed by atoms with van der Waals surface area (Å²) < 4.78 is 16.9. The molecule has 8 nitrogen and oxygen atoms in total. The van der Waals surface area contributed by atoms with Gasteiger partial charge in [-0.05, 0) is 50.2 Å². The van der Waals surface area contributed by atoms with Gasteiger partial charge in [0.25, 0.3) is 0 Å². The molecule has 0 bridgehead atoms. The maximum absolute atomic E-state index is 13.2. The van der Waals surface area contributed by atoms with Gasteiger partial charge < -0.3 is 29.3 Å². The standard InChI is InChI=1S/C28H30N4O4/c1-18-9-12-24-21(15-18)27(29-22-7-5-6-8-25(22)36-24)31-13-14-32(19(2)17-31)28(33)30-23-11-10-20(34-3)16-26(23)35-4/h5-12,15-16,19H,13-14,17H2,1-4H3,(H,30,33)/t19-/m1/s1. The van der Waals surface area contributed by atoms with E-state index in [9.17, 15) is 4.79 Å². The van der Waals surface area contributed by atoms with E-state index in [1.54, 1.807) is 32.4 Å². The third kappa shape index (κ3) is 4.54. The first-order valence-corrected chi connectivity index (χ1v) is 12.0. The summed E-state index contributed by atoms with van der Waals surface area (Å²) in [6, 6.07) is 19.1. The van der Waals surface area contributed by atoms with Gasteiger partial charge in [0.15, 0.2) is 5.75 Å². The van der Waals surface area contributed by atoms with Gasteiger partial charge in [0, 0.05) is 31.7 Å². The van der Waals surface area contributed by atoms with Crippen molar-refractivity contribution in [2.45, 2.75) is 19.9 Å². The molecule has 2 aliphatic rings. The highest BCUT2D eigenvalue weighted by molar-refractivity contribution is 6.04. The van der Waals surface area contributed by atoms with Crippen LogP contribution in [0.1, 0.15) is 18.1 Å². The Balaban J connectivity index is 1.37. The number of para-hydroxylation sites is 2. The molecule has 1 saturated heterocycles. The van der Waals surface area contributed by atoms with Crippen LogP contribution < -0.4 is 19.5 Å². The quantitative estimate of drug-likeness (QED) is 0.534. The number of amides is 2. The molecule has 1 N–H and O–H groups in total. The SMILES string of the molecule is COc1ccc(NC(=O)N2CCN(C3=Nc4ccccc4Oc4ccc(C)cc43)C[C@H]2C)c(OC)c1. The molecule has 3 aromatic carbocycles. The Morgan fingerprint density at radius 3 is 2.64 bits per heavy atom. The number of nitrogens with zero attached hydrogens (tertiary/aromatic N) is 3. The molecular weight excluding hydrogens is 456 g/mol. The van der Waals surface area contributed by atoms with Crippen molar-refractivity contribution in [1.29, 1.82) is 0 Å². The Morgan fingerprint density at radius 1 is 1.03 bits per heavy atom. The van der Waals surface area contributed by atoms with E-state index in [-0.39, 0.29) is 12.1 Å². The van der Waals surface area contributed by atoms with Crippen molar-refractivity contribution in [2.75, 3.05) is 39.2 Å². The van der Waals surface area contributed by atoms with Crippen LogP contribution in [0.4, 0.5) is 16.2 Å². The van der Waals surface area contributed by atoms with E-state index in [0.29, 0.717) is 36.8 Å². The summed E-state index contributed by atoms with van der Waals surface area (Å²) in [7, 11) is 3.16. The van der Waals surface area contributed by atoms with Crippen molar-refractivity contribution >= 4 is 23.2 Å². The van der Waals surface area contributed by atoms with Gasteiger partial charge in [-0.1, -0.05) is 23.8 Å². The number of carbonyl (C=O) groups excluding carboxylic acids is 1. The molecule has 0 unspecified atom stereocenters. The summed E-state index contributed by atoms with van der Waals surface area (Å²) in [6.07, 6.45) is 0. The number of hydrogen-bond donors (Lipinski definition) is 1. The first-order chi connectivity index (χ1) is 17.5. The lowest BCUT2D eigenvalue weighted by Gasteiger charge is -2.41. The summed E-state index contributed by atoms with van der Waals surface area (Å²) in [5.41, 5.74) is 3.49. The number of benzene rings is 3. The lowest BCUT2D eigenvalue weighted by atomic mass is 10.1. The maximum Gasteiger partial charge on any atom is 0.322 e. The van der Waals surface area contributed by atoms with Gasteiger partial charge in [-0.2, -0.15) is 0 Å². The Kier molecular flexibility index (Phi) is 6.41. The summed E-state index contributed by atoms with van der Waals surface area (Å²) in [5.74, 6) is 3.59. The zero-order valence-electron chi connectivity index (χ0n) is 20.9. The molecule has 2 amide bonds. The van der Waals surface area contributed by atoms with Gasteiger partial charge in [0.2, 0.25) is 0 Å². The van der Waals surface area contributed by atoms with Gasteiger partial charge in [-0.3, -0.25) is 0 Å². The van der Waals surface area contributed by atoms with Crippen LogP contribution >= 0.6 is 0 Å². The molecule has 5 rings (SSSR count). The van der Waals surface area contributed by atoms with Crippen LogP contribution in [0.3, 0.4) is 0 Å². The molecule has 36 heavy (non-hydrogen) atoms. The minimum Gasteiger partial charge on any atom is -0.497 e. The van der Waals surface area contributed by atoms with Gasteiger partial charge in [0.1, 0.15) is 28.8 Å². The van der Waals surface area contributed by atoms with Crippen LogP contribution in [0, 0.1) is 6.92 Å². The third-order valence-electron chi connectivity index (χ3n) is 6.53. The number of carbonyl (C=O) groups is 1. The molecule has 8 heteroatoms. The predicted octanol–water partition coefficient (Wildman–Crippen LogP) is 5.43. The van der Waals surface area contributed by atoms with Crippen molar-refractivity contribution in [3.8, 4) is 23.0 Å².